The first-order valence-corrected chi connectivity index (χ1v) is 8.06. The van der Waals surface area contributed by atoms with Gasteiger partial charge in [-0.1, -0.05) is 24.3 Å². The molecule has 1 aromatic carbocycles. The number of ketones is 3. The van der Waals surface area contributed by atoms with E-state index in [0.29, 0.717) is 0 Å². The van der Waals surface area contributed by atoms with E-state index < -0.39 is 46.9 Å². The van der Waals surface area contributed by atoms with E-state index in [1.807, 2.05) is 0 Å². The van der Waals surface area contributed by atoms with E-state index in [9.17, 15) is 24.0 Å². The second kappa shape index (κ2) is 6.15. The van der Waals surface area contributed by atoms with Gasteiger partial charge in [-0.05, 0) is 0 Å². The van der Waals surface area contributed by atoms with Gasteiger partial charge in [0.2, 0.25) is 23.0 Å². The molecule has 2 aliphatic carbocycles. The number of hydrogen-bond acceptors (Lipinski definition) is 8. The van der Waals surface area contributed by atoms with Crippen LogP contribution in [0.4, 0.5) is 0 Å². The number of fused-ring (bicyclic) bond motifs is 2. The summed E-state index contributed by atoms with van der Waals surface area (Å²) in [7, 11) is 1.27. The van der Waals surface area contributed by atoms with Gasteiger partial charge >= 0.3 is 11.9 Å². The number of ether oxygens (including phenoxy) is 3. The summed E-state index contributed by atoms with van der Waals surface area (Å²) in [6.07, 6.45) is 0.546. The van der Waals surface area contributed by atoms with E-state index >= 15 is 0 Å². The fourth-order valence-corrected chi connectivity index (χ4v) is 3.61. The lowest BCUT2D eigenvalue weighted by Gasteiger charge is -2.49. The Labute approximate surface area is 154 Å². The number of carbonyl (C=O) groups is 5. The third-order valence-corrected chi connectivity index (χ3v) is 4.61. The Morgan fingerprint density at radius 3 is 2.00 bits per heavy atom. The average Bonchev–Trinajstić information content (AvgIpc) is 2.61. The number of rotatable bonds is 3. The first kappa shape index (κ1) is 18.5. The number of esters is 2. The molecular weight excluding hydrogens is 356 g/mol. The van der Waals surface area contributed by atoms with Crippen LogP contribution in [-0.4, -0.2) is 47.6 Å². The minimum atomic E-state index is -2.64. The van der Waals surface area contributed by atoms with Crippen molar-refractivity contribution in [3.63, 3.8) is 0 Å². The molecule has 140 valence electrons. The van der Waals surface area contributed by atoms with Crippen LogP contribution < -0.4 is 0 Å². The van der Waals surface area contributed by atoms with Gasteiger partial charge in [-0.3, -0.25) is 24.0 Å². The van der Waals surface area contributed by atoms with Gasteiger partial charge in [-0.2, -0.15) is 0 Å². The fraction of sp³-hybridized carbons (Fsp3) is 0.316. The Bertz CT molecular complexity index is 927. The molecule has 0 unspecified atom stereocenters. The van der Waals surface area contributed by atoms with E-state index in [0.717, 1.165) is 19.9 Å². The van der Waals surface area contributed by atoms with E-state index in [1.54, 1.807) is 0 Å². The molecule has 0 heterocycles. The van der Waals surface area contributed by atoms with Crippen molar-refractivity contribution in [1.29, 1.82) is 0 Å². The third-order valence-electron chi connectivity index (χ3n) is 4.61. The van der Waals surface area contributed by atoms with Crippen molar-refractivity contribution in [2.24, 2.45) is 0 Å². The summed E-state index contributed by atoms with van der Waals surface area (Å²) >= 11 is 0. The highest BCUT2D eigenvalue weighted by Crippen LogP contribution is 2.48. The van der Waals surface area contributed by atoms with Gasteiger partial charge in [-0.25, -0.2) is 0 Å². The van der Waals surface area contributed by atoms with Crippen LogP contribution in [0.2, 0.25) is 0 Å². The maximum Gasteiger partial charge on any atom is 0.304 e. The van der Waals surface area contributed by atoms with Gasteiger partial charge in [0.15, 0.2) is 0 Å². The summed E-state index contributed by atoms with van der Waals surface area (Å²) in [4.78, 5) is 63.4. The molecule has 8 nitrogen and oxygen atoms in total. The summed E-state index contributed by atoms with van der Waals surface area (Å²) in [6, 6.07) is 5.77. The molecule has 2 aliphatic rings. The Kier molecular flexibility index (Phi) is 4.22. The van der Waals surface area contributed by atoms with Gasteiger partial charge in [0, 0.05) is 31.1 Å². The van der Waals surface area contributed by atoms with E-state index in [4.69, 9.17) is 14.2 Å². The van der Waals surface area contributed by atoms with E-state index in [1.165, 1.54) is 31.4 Å². The Balaban J connectivity index is 2.42. The second-order valence-corrected chi connectivity index (χ2v) is 6.26. The Morgan fingerprint density at radius 2 is 1.48 bits per heavy atom. The molecule has 0 amide bonds. The Hall–Kier alpha value is -3.29. The van der Waals surface area contributed by atoms with Crippen LogP contribution in [0.15, 0.2) is 36.1 Å². The van der Waals surface area contributed by atoms with Crippen molar-refractivity contribution in [1.82, 2.24) is 0 Å². The van der Waals surface area contributed by atoms with Crippen LogP contribution in [0.1, 0.15) is 41.0 Å². The molecule has 0 bridgehead atoms. The summed E-state index contributed by atoms with van der Waals surface area (Å²) in [5.74, 6) is -4.62. The molecule has 8 heteroatoms. The lowest BCUT2D eigenvalue weighted by Crippen LogP contribution is -2.74. The molecule has 0 fully saturated rings. The predicted octanol–water partition coefficient (Wildman–Crippen LogP) is 1.17. The molecular formula is C19H16O8. The maximum atomic E-state index is 13.4. The van der Waals surface area contributed by atoms with Gasteiger partial charge in [0.05, 0.1) is 13.5 Å². The minimum Gasteiger partial charge on any atom is -0.501 e. The molecule has 0 N–H and O–H groups in total. The van der Waals surface area contributed by atoms with Crippen molar-refractivity contribution < 1.29 is 38.2 Å². The van der Waals surface area contributed by atoms with Crippen molar-refractivity contribution in [2.45, 2.75) is 31.5 Å². The van der Waals surface area contributed by atoms with Gasteiger partial charge in [0.25, 0.3) is 5.60 Å². The highest BCUT2D eigenvalue weighted by Gasteiger charge is 2.74. The third kappa shape index (κ3) is 2.40. The van der Waals surface area contributed by atoms with E-state index in [2.05, 4.69) is 0 Å². The summed E-state index contributed by atoms with van der Waals surface area (Å²) < 4.78 is 15.6. The highest BCUT2D eigenvalue weighted by molar-refractivity contribution is 6.33. The second-order valence-electron chi connectivity index (χ2n) is 6.26. The molecule has 0 aromatic heterocycles. The van der Waals surface area contributed by atoms with Gasteiger partial charge in [0.1, 0.15) is 5.76 Å². The standard InChI is InChI=1S/C19H16O8/c1-10(20)26-18-9-12(25-3)8-15(22)19(18,27-11(2)21)17(24)14-7-5-4-6-13(14)16(18)23/h4-8H,9H2,1-3H3/t18-,19+/m0/s1. The van der Waals surface area contributed by atoms with Crippen LogP contribution in [-0.2, 0) is 28.6 Å². The highest BCUT2D eigenvalue weighted by atomic mass is 16.6. The average molecular weight is 372 g/mol. The van der Waals surface area contributed by atoms with Crippen LogP contribution in [0.5, 0.6) is 0 Å². The molecule has 1 aromatic rings. The summed E-state index contributed by atoms with van der Waals surface area (Å²) in [6.45, 7) is 2.02. The molecule has 0 aliphatic heterocycles. The smallest absolute Gasteiger partial charge is 0.304 e. The van der Waals surface area contributed by atoms with Crippen LogP contribution in [0.25, 0.3) is 0 Å². The molecule has 0 spiro atoms. The first-order chi connectivity index (χ1) is 12.7. The summed E-state index contributed by atoms with van der Waals surface area (Å²) in [5, 5.41) is 0. The van der Waals surface area contributed by atoms with Crippen molar-refractivity contribution in [2.75, 3.05) is 7.11 Å². The summed E-state index contributed by atoms with van der Waals surface area (Å²) in [5.41, 5.74) is -5.14. The van der Waals surface area contributed by atoms with Gasteiger partial charge < -0.3 is 14.2 Å². The molecule has 27 heavy (non-hydrogen) atoms. The van der Waals surface area contributed by atoms with Gasteiger partial charge in [-0.15, -0.1) is 0 Å². The molecule has 2 atom stereocenters. The molecule has 3 rings (SSSR count). The molecule has 0 saturated heterocycles. The van der Waals surface area contributed by atoms with Crippen molar-refractivity contribution >= 4 is 29.3 Å². The zero-order valence-electron chi connectivity index (χ0n) is 14.9. The quantitative estimate of drug-likeness (QED) is 0.574. The Morgan fingerprint density at radius 1 is 0.926 bits per heavy atom. The lowest BCUT2D eigenvalue weighted by molar-refractivity contribution is -0.193. The fourth-order valence-electron chi connectivity index (χ4n) is 3.61. The maximum absolute atomic E-state index is 13.4. The van der Waals surface area contributed by atoms with Crippen molar-refractivity contribution in [3.8, 4) is 0 Å². The number of benzene rings is 1. The topological polar surface area (TPSA) is 113 Å². The normalized spacial score (nSPS) is 26.5. The number of Topliss-reactive ketones (excluding diaryl/α,β-unsaturated/α-hetero) is 2. The number of carbonyl (C=O) groups excluding carboxylic acids is 5. The van der Waals surface area contributed by atoms with E-state index in [-0.39, 0.29) is 16.9 Å². The number of methoxy groups -OCH3 is 1. The predicted molar refractivity (Wildman–Crippen MR) is 88.8 cm³/mol. The van der Waals surface area contributed by atoms with Crippen LogP contribution in [0, 0.1) is 0 Å². The monoisotopic (exact) mass is 372 g/mol. The van der Waals surface area contributed by atoms with Crippen molar-refractivity contribution in [3.05, 3.63) is 47.2 Å². The first-order valence-electron chi connectivity index (χ1n) is 8.06. The SMILES string of the molecule is COC1=CC(=O)[C@@]2(OC(C)=O)C(=O)c3ccccc3C(=O)[C@@]2(OC(C)=O)C1. The molecule has 0 radical (unpaired) electrons. The number of hydrogen-bond donors (Lipinski definition) is 0. The minimum absolute atomic E-state index is 0.0181. The molecule has 0 saturated carbocycles. The zero-order valence-corrected chi connectivity index (χ0v) is 14.9. The largest absolute Gasteiger partial charge is 0.501 e. The van der Waals surface area contributed by atoms with Crippen LogP contribution >= 0.6 is 0 Å². The lowest BCUT2D eigenvalue weighted by atomic mass is 9.61. The van der Waals surface area contributed by atoms with Crippen LogP contribution in [0.3, 0.4) is 0 Å². The zero-order chi connectivity index (χ0) is 20.0.